The van der Waals surface area contributed by atoms with Gasteiger partial charge in [0, 0.05) is 5.02 Å². The normalized spacial score (nSPS) is 11.8. The summed E-state index contributed by atoms with van der Waals surface area (Å²) in [6.07, 6.45) is -4.67. The zero-order valence-electron chi connectivity index (χ0n) is 15.3. The van der Waals surface area contributed by atoms with Crippen molar-refractivity contribution in [2.45, 2.75) is 12.7 Å². The van der Waals surface area contributed by atoms with E-state index in [1.165, 1.54) is 0 Å². The highest BCUT2D eigenvalue weighted by Crippen LogP contribution is 2.33. The molecular formula is C22H13ClF4N2O. The van der Waals surface area contributed by atoms with E-state index in [0.717, 1.165) is 10.6 Å². The second-order valence-corrected chi connectivity index (χ2v) is 7.10. The first-order valence-corrected chi connectivity index (χ1v) is 9.23. The highest BCUT2D eigenvalue weighted by Gasteiger charge is 2.32. The van der Waals surface area contributed by atoms with Crippen molar-refractivity contribution in [2.75, 3.05) is 0 Å². The van der Waals surface area contributed by atoms with Gasteiger partial charge in [0.15, 0.2) is 0 Å². The Morgan fingerprint density at radius 1 is 0.967 bits per heavy atom. The number of aromatic nitrogens is 2. The Morgan fingerprint density at radius 2 is 1.73 bits per heavy atom. The molecule has 152 valence electrons. The lowest BCUT2D eigenvalue weighted by molar-refractivity contribution is -0.137. The van der Waals surface area contributed by atoms with Crippen LogP contribution in [0.1, 0.15) is 11.1 Å². The minimum atomic E-state index is -4.67. The van der Waals surface area contributed by atoms with E-state index in [0.29, 0.717) is 22.7 Å². The summed E-state index contributed by atoms with van der Waals surface area (Å²) in [6.45, 7) is -0.0394. The lowest BCUT2D eigenvalue weighted by Crippen LogP contribution is -2.24. The SMILES string of the molecule is O=c1c2ccccc2nc(-c2cc(C(F)(F)F)ccc2F)n1Cc1cccc(Cl)c1. The fraction of sp³-hybridized carbons (Fsp3) is 0.0909. The van der Waals surface area contributed by atoms with E-state index in [2.05, 4.69) is 4.98 Å². The maximum absolute atomic E-state index is 14.6. The number of fused-ring (bicyclic) bond motifs is 1. The van der Waals surface area contributed by atoms with E-state index in [1.807, 2.05) is 0 Å². The van der Waals surface area contributed by atoms with Gasteiger partial charge in [-0.05, 0) is 48.0 Å². The van der Waals surface area contributed by atoms with E-state index >= 15 is 0 Å². The number of para-hydroxylation sites is 1. The highest BCUT2D eigenvalue weighted by atomic mass is 35.5. The molecule has 0 atom stereocenters. The molecule has 0 unspecified atom stereocenters. The van der Waals surface area contributed by atoms with Crippen LogP contribution in [0.3, 0.4) is 0 Å². The van der Waals surface area contributed by atoms with Crippen LogP contribution in [-0.4, -0.2) is 9.55 Å². The third-order valence-electron chi connectivity index (χ3n) is 4.63. The van der Waals surface area contributed by atoms with Crippen molar-refractivity contribution in [1.82, 2.24) is 9.55 Å². The molecule has 3 aromatic carbocycles. The summed E-state index contributed by atoms with van der Waals surface area (Å²) < 4.78 is 55.4. The first-order valence-electron chi connectivity index (χ1n) is 8.85. The summed E-state index contributed by atoms with van der Waals surface area (Å²) in [5.41, 5.74) is -1.05. The number of rotatable bonds is 3. The molecule has 0 saturated heterocycles. The molecule has 0 fully saturated rings. The number of halogens is 5. The Hall–Kier alpha value is -3.19. The van der Waals surface area contributed by atoms with Crippen LogP contribution >= 0.6 is 11.6 Å². The lowest BCUT2D eigenvalue weighted by atomic mass is 10.1. The van der Waals surface area contributed by atoms with Gasteiger partial charge in [0.05, 0.1) is 28.6 Å². The van der Waals surface area contributed by atoms with Gasteiger partial charge in [-0.25, -0.2) is 9.37 Å². The van der Waals surface area contributed by atoms with Crippen molar-refractivity contribution in [1.29, 1.82) is 0 Å². The molecule has 0 bridgehead atoms. The zero-order chi connectivity index (χ0) is 21.5. The van der Waals surface area contributed by atoms with Crippen molar-refractivity contribution in [3.8, 4) is 11.4 Å². The Kier molecular flexibility index (Phi) is 5.07. The van der Waals surface area contributed by atoms with Crippen molar-refractivity contribution in [3.05, 3.63) is 99.1 Å². The Balaban J connectivity index is 2.01. The minimum absolute atomic E-state index is 0.0394. The van der Waals surface area contributed by atoms with Gasteiger partial charge >= 0.3 is 6.18 Å². The van der Waals surface area contributed by atoms with Crippen LogP contribution in [0.15, 0.2) is 71.5 Å². The predicted molar refractivity (Wildman–Crippen MR) is 107 cm³/mol. The van der Waals surface area contributed by atoms with Gasteiger partial charge in [-0.1, -0.05) is 35.9 Å². The summed E-state index contributed by atoms with van der Waals surface area (Å²) in [5, 5.41) is 0.705. The summed E-state index contributed by atoms with van der Waals surface area (Å²) in [5.74, 6) is -1.10. The third-order valence-corrected chi connectivity index (χ3v) is 4.86. The summed E-state index contributed by atoms with van der Waals surface area (Å²) >= 11 is 6.01. The van der Waals surface area contributed by atoms with Crippen molar-refractivity contribution in [2.24, 2.45) is 0 Å². The van der Waals surface area contributed by atoms with Gasteiger partial charge in [0.25, 0.3) is 5.56 Å². The van der Waals surface area contributed by atoms with E-state index < -0.39 is 28.7 Å². The molecular weight excluding hydrogens is 420 g/mol. The minimum Gasteiger partial charge on any atom is -0.288 e. The topological polar surface area (TPSA) is 34.9 Å². The second-order valence-electron chi connectivity index (χ2n) is 6.67. The fourth-order valence-corrected chi connectivity index (χ4v) is 3.42. The van der Waals surface area contributed by atoms with Crippen LogP contribution in [0, 0.1) is 5.82 Å². The monoisotopic (exact) mass is 432 g/mol. The molecule has 30 heavy (non-hydrogen) atoms. The maximum Gasteiger partial charge on any atom is 0.416 e. The molecule has 0 aliphatic heterocycles. The molecule has 4 aromatic rings. The lowest BCUT2D eigenvalue weighted by Gasteiger charge is -2.16. The number of nitrogens with zero attached hydrogens (tertiary/aromatic N) is 2. The van der Waals surface area contributed by atoms with Gasteiger partial charge in [-0.15, -0.1) is 0 Å². The van der Waals surface area contributed by atoms with E-state index in [1.54, 1.807) is 48.5 Å². The Bertz CT molecular complexity index is 1310. The molecule has 0 radical (unpaired) electrons. The first-order chi connectivity index (χ1) is 14.2. The Labute approximate surface area is 173 Å². The summed E-state index contributed by atoms with van der Waals surface area (Å²) in [4.78, 5) is 17.5. The molecule has 0 saturated carbocycles. The van der Waals surface area contributed by atoms with Crippen LogP contribution in [0.25, 0.3) is 22.3 Å². The molecule has 0 aliphatic rings. The number of alkyl halides is 3. The largest absolute Gasteiger partial charge is 0.416 e. The highest BCUT2D eigenvalue weighted by molar-refractivity contribution is 6.30. The van der Waals surface area contributed by atoms with Gasteiger partial charge < -0.3 is 0 Å². The molecule has 0 aliphatic carbocycles. The first kappa shape index (κ1) is 20.1. The molecule has 1 aromatic heterocycles. The van der Waals surface area contributed by atoms with Crippen LogP contribution < -0.4 is 5.56 Å². The van der Waals surface area contributed by atoms with Gasteiger partial charge in [0.1, 0.15) is 11.6 Å². The average Bonchev–Trinajstić information content (AvgIpc) is 2.70. The quantitative estimate of drug-likeness (QED) is 0.376. The third kappa shape index (κ3) is 3.80. The summed E-state index contributed by atoms with van der Waals surface area (Å²) in [7, 11) is 0. The molecule has 3 nitrogen and oxygen atoms in total. The van der Waals surface area contributed by atoms with E-state index in [-0.39, 0.29) is 23.3 Å². The zero-order valence-corrected chi connectivity index (χ0v) is 16.0. The molecule has 1 heterocycles. The van der Waals surface area contributed by atoms with Gasteiger partial charge in [-0.2, -0.15) is 13.2 Å². The second kappa shape index (κ2) is 7.57. The molecule has 0 amide bonds. The van der Waals surface area contributed by atoms with E-state index in [4.69, 9.17) is 11.6 Å². The van der Waals surface area contributed by atoms with E-state index in [9.17, 15) is 22.4 Å². The van der Waals surface area contributed by atoms with Crippen LogP contribution in [0.4, 0.5) is 17.6 Å². The summed E-state index contributed by atoms with van der Waals surface area (Å²) in [6, 6.07) is 15.1. The van der Waals surface area contributed by atoms with Crippen LogP contribution in [0.5, 0.6) is 0 Å². The van der Waals surface area contributed by atoms with Crippen molar-refractivity contribution < 1.29 is 17.6 Å². The maximum atomic E-state index is 14.6. The Morgan fingerprint density at radius 3 is 2.47 bits per heavy atom. The number of hydrogen-bond acceptors (Lipinski definition) is 2. The van der Waals surface area contributed by atoms with Crippen LogP contribution in [-0.2, 0) is 12.7 Å². The van der Waals surface area contributed by atoms with Crippen LogP contribution in [0.2, 0.25) is 5.02 Å². The number of benzene rings is 3. The van der Waals surface area contributed by atoms with Crippen molar-refractivity contribution in [3.63, 3.8) is 0 Å². The standard InChI is InChI=1S/C22H13ClF4N2O/c23-15-5-3-4-13(10-15)12-29-20(28-19-7-2-1-6-16(19)21(29)30)17-11-14(22(25,26)27)8-9-18(17)24/h1-11H,12H2. The van der Waals surface area contributed by atoms with Crippen molar-refractivity contribution >= 4 is 22.5 Å². The molecule has 8 heteroatoms. The van der Waals surface area contributed by atoms with Gasteiger partial charge in [0.2, 0.25) is 0 Å². The molecule has 4 rings (SSSR count). The number of hydrogen-bond donors (Lipinski definition) is 0. The van der Waals surface area contributed by atoms with Gasteiger partial charge in [-0.3, -0.25) is 9.36 Å². The average molecular weight is 433 g/mol. The fourth-order valence-electron chi connectivity index (χ4n) is 3.21. The predicted octanol–water partition coefficient (Wildman–Crippen LogP) is 5.92. The molecule has 0 spiro atoms. The molecule has 0 N–H and O–H groups in total. The smallest absolute Gasteiger partial charge is 0.288 e.